The van der Waals surface area contributed by atoms with E-state index in [0.717, 1.165) is 27.7 Å². The maximum Gasteiger partial charge on any atom is 0.224 e. The van der Waals surface area contributed by atoms with E-state index in [0.29, 0.717) is 5.82 Å². The Morgan fingerprint density at radius 3 is 2.46 bits per heavy atom. The van der Waals surface area contributed by atoms with Gasteiger partial charge in [-0.2, -0.15) is 0 Å². The van der Waals surface area contributed by atoms with Crippen molar-refractivity contribution < 1.29 is 0 Å². The van der Waals surface area contributed by atoms with Gasteiger partial charge >= 0.3 is 0 Å². The Bertz CT molecular complexity index is 1040. The van der Waals surface area contributed by atoms with Crippen molar-refractivity contribution in [2.45, 2.75) is 13.0 Å². The smallest absolute Gasteiger partial charge is 0.224 e. The van der Waals surface area contributed by atoms with Crippen LogP contribution in [-0.4, -0.2) is 15.0 Å². The van der Waals surface area contributed by atoms with Crippen molar-refractivity contribution in [3.8, 4) is 11.1 Å². The molecule has 2 aromatic heterocycles. The molecule has 5 heteroatoms. The summed E-state index contributed by atoms with van der Waals surface area (Å²) in [7, 11) is 0. The first-order valence-corrected chi connectivity index (χ1v) is 8.79. The van der Waals surface area contributed by atoms with Crippen LogP contribution in [0.3, 0.4) is 0 Å². The fourth-order valence-electron chi connectivity index (χ4n) is 3.03. The zero-order chi connectivity index (χ0) is 17.9. The zero-order valence-corrected chi connectivity index (χ0v) is 15.0. The molecular weight excluding hydrogens is 344 g/mol. The Balaban J connectivity index is 1.86. The van der Waals surface area contributed by atoms with Crippen molar-refractivity contribution in [3.05, 3.63) is 83.9 Å². The first-order valence-electron chi connectivity index (χ1n) is 8.41. The van der Waals surface area contributed by atoms with Crippen LogP contribution >= 0.6 is 11.6 Å². The molecule has 4 rings (SSSR count). The summed E-state index contributed by atoms with van der Waals surface area (Å²) in [6, 6.07) is 22.1. The number of rotatable bonds is 4. The van der Waals surface area contributed by atoms with Gasteiger partial charge in [-0.1, -0.05) is 48.5 Å². The molecule has 0 spiro atoms. The highest BCUT2D eigenvalue weighted by Crippen LogP contribution is 2.34. The van der Waals surface area contributed by atoms with Crippen LogP contribution in [0.1, 0.15) is 18.7 Å². The van der Waals surface area contributed by atoms with Crippen LogP contribution in [-0.2, 0) is 0 Å². The number of benzene rings is 2. The predicted molar refractivity (Wildman–Crippen MR) is 106 cm³/mol. The second-order valence-corrected chi connectivity index (χ2v) is 6.37. The van der Waals surface area contributed by atoms with Crippen LogP contribution in [0.2, 0.25) is 5.28 Å². The highest BCUT2D eigenvalue weighted by Gasteiger charge is 2.15. The van der Waals surface area contributed by atoms with Crippen LogP contribution in [0, 0.1) is 0 Å². The molecule has 0 fully saturated rings. The summed E-state index contributed by atoms with van der Waals surface area (Å²) >= 11 is 6.17. The monoisotopic (exact) mass is 360 g/mol. The van der Waals surface area contributed by atoms with Gasteiger partial charge in [-0.25, -0.2) is 9.97 Å². The van der Waals surface area contributed by atoms with Crippen molar-refractivity contribution in [2.75, 3.05) is 5.32 Å². The van der Waals surface area contributed by atoms with Crippen molar-refractivity contribution in [2.24, 2.45) is 0 Å². The number of nitrogens with zero attached hydrogens (tertiary/aromatic N) is 3. The van der Waals surface area contributed by atoms with Crippen LogP contribution in [0.4, 0.5) is 5.82 Å². The molecule has 4 nitrogen and oxygen atoms in total. The molecule has 0 saturated carbocycles. The lowest BCUT2D eigenvalue weighted by atomic mass is 10.0. The number of hydrogen-bond acceptors (Lipinski definition) is 4. The van der Waals surface area contributed by atoms with Crippen molar-refractivity contribution in [1.82, 2.24) is 15.0 Å². The molecule has 1 unspecified atom stereocenters. The molecule has 0 bridgehead atoms. The molecule has 0 aliphatic carbocycles. The van der Waals surface area contributed by atoms with Gasteiger partial charge < -0.3 is 5.32 Å². The van der Waals surface area contributed by atoms with Gasteiger partial charge in [0.2, 0.25) is 5.28 Å². The second-order valence-electron chi connectivity index (χ2n) is 6.03. The number of pyridine rings is 1. The minimum Gasteiger partial charge on any atom is -0.361 e. The summed E-state index contributed by atoms with van der Waals surface area (Å²) < 4.78 is 0. The number of fused-ring (bicyclic) bond motifs is 1. The minimum absolute atomic E-state index is 0.0193. The summed E-state index contributed by atoms with van der Waals surface area (Å²) in [6.45, 7) is 2.05. The zero-order valence-electron chi connectivity index (χ0n) is 14.2. The normalized spacial score (nSPS) is 12.1. The Hall–Kier alpha value is -2.98. The van der Waals surface area contributed by atoms with E-state index < -0.39 is 0 Å². The van der Waals surface area contributed by atoms with E-state index in [1.807, 2.05) is 48.5 Å². The summed E-state index contributed by atoms with van der Waals surface area (Å²) in [4.78, 5) is 13.3. The van der Waals surface area contributed by atoms with Crippen LogP contribution in [0.5, 0.6) is 0 Å². The minimum atomic E-state index is -0.0193. The molecule has 0 aliphatic heterocycles. The first-order chi connectivity index (χ1) is 12.7. The number of hydrogen-bond donors (Lipinski definition) is 1. The van der Waals surface area contributed by atoms with E-state index in [4.69, 9.17) is 11.6 Å². The lowest BCUT2D eigenvalue weighted by Gasteiger charge is -2.17. The molecule has 1 atom stereocenters. The molecule has 0 amide bonds. The molecule has 0 saturated heterocycles. The Kier molecular flexibility index (Phi) is 4.50. The molecule has 0 radical (unpaired) electrons. The molecule has 2 aromatic carbocycles. The van der Waals surface area contributed by atoms with E-state index >= 15 is 0 Å². The van der Waals surface area contributed by atoms with Crippen molar-refractivity contribution in [3.63, 3.8) is 0 Å². The molecule has 2 heterocycles. The van der Waals surface area contributed by atoms with Gasteiger partial charge in [0.1, 0.15) is 5.82 Å². The fraction of sp³-hybridized carbons (Fsp3) is 0.0952. The topological polar surface area (TPSA) is 50.7 Å². The summed E-state index contributed by atoms with van der Waals surface area (Å²) in [5, 5.41) is 4.62. The number of halogens is 1. The summed E-state index contributed by atoms with van der Waals surface area (Å²) in [5.41, 5.74) is 3.92. The number of aromatic nitrogens is 3. The van der Waals surface area contributed by atoms with Gasteiger partial charge in [0.05, 0.1) is 22.6 Å². The number of nitrogens with one attached hydrogen (secondary N) is 1. The third-order valence-electron chi connectivity index (χ3n) is 4.27. The maximum absolute atomic E-state index is 6.17. The van der Waals surface area contributed by atoms with Crippen molar-refractivity contribution >= 4 is 28.3 Å². The van der Waals surface area contributed by atoms with Crippen LogP contribution < -0.4 is 5.32 Å². The number of anilines is 1. The second kappa shape index (κ2) is 7.10. The third-order valence-corrected chi connectivity index (χ3v) is 4.43. The van der Waals surface area contributed by atoms with E-state index in [2.05, 4.69) is 45.4 Å². The molecule has 0 aliphatic rings. The Labute approximate surface area is 156 Å². The average Bonchev–Trinajstić information content (AvgIpc) is 2.68. The first kappa shape index (κ1) is 16.5. The Morgan fingerprint density at radius 1 is 0.885 bits per heavy atom. The van der Waals surface area contributed by atoms with Crippen LogP contribution in [0.25, 0.3) is 22.0 Å². The largest absolute Gasteiger partial charge is 0.361 e. The van der Waals surface area contributed by atoms with E-state index in [1.165, 1.54) is 0 Å². The lowest BCUT2D eigenvalue weighted by molar-refractivity contribution is 0.833. The van der Waals surface area contributed by atoms with Gasteiger partial charge in [0.15, 0.2) is 0 Å². The molecule has 26 heavy (non-hydrogen) atoms. The summed E-state index contributed by atoms with van der Waals surface area (Å²) in [5.74, 6) is 0.706. The highest BCUT2D eigenvalue weighted by atomic mass is 35.5. The van der Waals surface area contributed by atoms with E-state index in [-0.39, 0.29) is 11.3 Å². The van der Waals surface area contributed by atoms with E-state index in [1.54, 1.807) is 6.20 Å². The lowest BCUT2D eigenvalue weighted by Crippen LogP contribution is -2.10. The van der Waals surface area contributed by atoms with Crippen LogP contribution in [0.15, 0.2) is 72.9 Å². The molecule has 1 N–H and O–H groups in total. The molecular formula is C21H17ClN4. The van der Waals surface area contributed by atoms with Gasteiger partial charge in [0, 0.05) is 6.20 Å². The van der Waals surface area contributed by atoms with Gasteiger partial charge in [0.25, 0.3) is 0 Å². The van der Waals surface area contributed by atoms with Gasteiger partial charge in [-0.05, 0) is 47.9 Å². The maximum atomic E-state index is 6.17. The standard InChI is InChI=1S/C21H17ClN4/c1-14(17-11-5-6-13-23-17)24-20-19-16(15-8-3-2-4-9-15)10-7-12-18(19)25-21(22)26-20/h2-14H,1H3,(H,24,25,26). The predicted octanol–water partition coefficient (Wildman–Crippen LogP) is 5.52. The SMILES string of the molecule is CC(Nc1nc(Cl)nc2cccc(-c3ccccc3)c12)c1ccccn1. The van der Waals surface area contributed by atoms with Crippen molar-refractivity contribution in [1.29, 1.82) is 0 Å². The highest BCUT2D eigenvalue weighted by molar-refractivity contribution is 6.29. The summed E-state index contributed by atoms with van der Waals surface area (Å²) in [6.07, 6.45) is 1.79. The quantitative estimate of drug-likeness (QED) is 0.487. The van der Waals surface area contributed by atoms with Gasteiger partial charge in [-0.3, -0.25) is 4.98 Å². The Morgan fingerprint density at radius 2 is 1.69 bits per heavy atom. The average molecular weight is 361 g/mol. The molecule has 128 valence electrons. The third kappa shape index (κ3) is 3.24. The molecule has 4 aromatic rings. The fourth-order valence-corrected chi connectivity index (χ4v) is 3.20. The van der Waals surface area contributed by atoms with E-state index in [9.17, 15) is 0 Å². The van der Waals surface area contributed by atoms with Gasteiger partial charge in [-0.15, -0.1) is 0 Å².